The maximum Gasteiger partial charge on any atom is 0.406 e. The van der Waals surface area contributed by atoms with Gasteiger partial charge in [0.1, 0.15) is 6.54 Å². The summed E-state index contributed by atoms with van der Waals surface area (Å²) in [6.07, 6.45) is -3.19. The Kier molecular flexibility index (Phi) is 8.07. The number of halogens is 3. The van der Waals surface area contributed by atoms with Crippen LogP contribution in [0, 0.1) is 12.8 Å². The van der Waals surface area contributed by atoms with Gasteiger partial charge in [-0.3, -0.25) is 14.5 Å². The highest BCUT2D eigenvalue weighted by Gasteiger charge is 2.37. The third-order valence-corrected chi connectivity index (χ3v) is 5.38. The standard InChI is InChI=1S/C21H30F3N3O2/c1-4-26(14-21(22,23)24)20(29)18-6-5-11-27(13-18)16(3)19(28)25-12-17-9-7-15(2)8-10-17/h7-10,16,18H,4-6,11-14H2,1-3H3,(H,25,28)/t16-,18+/m0/s1. The quantitative estimate of drug-likeness (QED) is 0.747. The Balaban J connectivity index is 1.91. The van der Waals surface area contributed by atoms with Gasteiger partial charge in [0.05, 0.1) is 12.0 Å². The molecule has 8 heteroatoms. The lowest BCUT2D eigenvalue weighted by atomic mass is 9.95. The number of alkyl halides is 3. The summed E-state index contributed by atoms with van der Waals surface area (Å²) >= 11 is 0. The fourth-order valence-electron chi connectivity index (χ4n) is 3.59. The highest BCUT2D eigenvalue weighted by atomic mass is 19.4. The third kappa shape index (κ3) is 7.03. The predicted octanol–water partition coefficient (Wildman–Crippen LogP) is 3.12. The molecule has 1 aromatic rings. The van der Waals surface area contributed by atoms with Crippen molar-refractivity contribution in [2.45, 2.75) is 52.4 Å². The zero-order valence-electron chi connectivity index (χ0n) is 17.3. The van der Waals surface area contributed by atoms with Crippen molar-refractivity contribution in [3.63, 3.8) is 0 Å². The Morgan fingerprint density at radius 1 is 1.28 bits per heavy atom. The molecular weight excluding hydrogens is 383 g/mol. The van der Waals surface area contributed by atoms with Crippen molar-refractivity contribution in [3.8, 4) is 0 Å². The molecule has 0 saturated carbocycles. The van der Waals surface area contributed by atoms with Crippen LogP contribution < -0.4 is 5.32 Å². The molecule has 0 bridgehead atoms. The van der Waals surface area contributed by atoms with Crippen LogP contribution in [0.15, 0.2) is 24.3 Å². The van der Waals surface area contributed by atoms with Crippen LogP contribution in [0.2, 0.25) is 0 Å². The van der Waals surface area contributed by atoms with Gasteiger partial charge in [-0.15, -0.1) is 0 Å². The SMILES string of the molecule is CCN(CC(F)(F)F)C(=O)[C@@H]1CCCN([C@@H](C)C(=O)NCc2ccc(C)cc2)C1. The molecule has 0 aromatic heterocycles. The van der Waals surface area contributed by atoms with Gasteiger partial charge in [0.25, 0.3) is 0 Å². The first-order valence-corrected chi connectivity index (χ1v) is 10.0. The van der Waals surface area contributed by atoms with Crippen molar-refractivity contribution in [3.05, 3.63) is 35.4 Å². The normalized spacial score (nSPS) is 18.9. The lowest BCUT2D eigenvalue weighted by molar-refractivity contribution is -0.164. The summed E-state index contributed by atoms with van der Waals surface area (Å²) in [7, 11) is 0. The molecule has 0 spiro atoms. The van der Waals surface area contributed by atoms with Gasteiger partial charge in [0.15, 0.2) is 0 Å². The number of amides is 2. The van der Waals surface area contributed by atoms with E-state index in [2.05, 4.69) is 5.32 Å². The van der Waals surface area contributed by atoms with Crippen molar-refractivity contribution >= 4 is 11.8 Å². The van der Waals surface area contributed by atoms with E-state index in [1.54, 1.807) is 13.8 Å². The molecule has 1 saturated heterocycles. The van der Waals surface area contributed by atoms with Gasteiger partial charge in [0.2, 0.25) is 11.8 Å². The summed E-state index contributed by atoms with van der Waals surface area (Å²) in [4.78, 5) is 27.9. The Bertz CT molecular complexity index is 691. The number of nitrogens with zero attached hydrogens (tertiary/aromatic N) is 2. The first-order valence-electron chi connectivity index (χ1n) is 10.0. The Morgan fingerprint density at radius 3 is 2.52 bits per heavy atom. The average Bonchev–Trinajstić information content (AvgIpc) is 2.69. The van der Waals surface area contributed by atoms with E-state index >= 15 is 0 Å². The molecule has 1 aliphatic heterocycles. The van der Waals surface area contributed by atoms with E-state index in [4.69, 9.17) is 0 Å². The van der Waals surface area contributed by atoms with E-state index in [0.717, 1.165) is 16.0 Å². The number of benzene rings is 1. The van der Waals surface area contributed by atoms with Crippen molar-refractivity contribution < 1.29 is 22.8 Å². The van der Waals surface area contributed by atoms with Gasteiger partial charge in [0, 0.05) is 19.6 Å². The lowest BCUT2D eigenvalue weighted by Crippen LogP contribution is -2.52. The minimum Gasteiger partial charge on any atom is -0.351 e. The second-order valence-corrected chi connectivity index (χ2v) is 7.68. The summed E-state index contributed by atoms with van der Waals surface area (Å²) in [5.41, 5.74) is 2.14. The highest BCUT2D eigenvalue weighted by molar-refractivity contribution is 5.82. The zero-order chi connectivity index (χ0) is 21.6. The number of piperidine rings is 1. The molecule has 29 heavy (non-hydrogen) atoms. The number of rotatable bonds is 7. The number of carbonyl (C=O) groups excluding carboxylic acids is 2. The molecule has 1 heterocycles. The average molecular weight is 413 g/mol. The van der Waals surface area contributed by atoms with Gasteiger partial charge in [-0.2, -0.15) is 13.2 Å². The van der Waals surface area contributed by atoms with Crippen molar-refractivity contribution in [1.82, 2.24) is 15.1 Å². The van der Waals surface area contributed by atoms with Gasteiger partial charge in [-0.05, 0) is 45.7 Å². The number of hydrogen-bond acceptors (Lipinski definition) is 3. The van der Waals surface area contributed by atoms with Crippen LogP contribution in [-0.4, -0.2) is 60.0 Å². The van der Waals surface area contributed by atoms with Gasteiger partial charge in [-0.1, -0.05) is 29.8 Å². The van der Waals surface area contributed by atoms with Crippen LogP contribution >= 0.6 is 0 Å². The zero-order valence-corrected chi connectivity index (χ0v) is 17.3. The Labute approximate surface area is 170 Å². The van der Waals surface area contributed by atoms with E-state index in [1.807, 2.05) is 36.1 Å². The summed E-state index contributed by atoms with van der Waals surface area (Å²) in [6, 6.07) is 7.41. The van der Waals surface area contributed by atoms with E-state index in [9.17, 15) is 22.8 Å². The fraction of sp³-hybridized carbons (Fsp3) is 0.619. The maximum absolute atomic E-state index is 12.7. The molecule has 1 N–H and O–H groups in total. The third-order valence-electron chi connectivity index (χ3n) is 5.38. The minimum absolute atomic E-state index is 0.0153. The topological polar surface area (TPSA) is 52.7 Å². The molecule has 0 radical (unpaired) electrons. The minimum atomic E-state index is -4.41. The second kappa shape index (κ2) is 10.1. The molecule has 0 unspecified atom stereocenters. The van der Waals surface area contributed by atoms with Crippen molar-refractivity contribution in [2.24, 2.45) is 5.92 Å². The monoisotopic (exact) mass is 413 g/mol. The van der Waals surface area contributed by atoms with E-state index < -0.39 is 30.6 Å². The maximum atomic E-state index is 12.7. The number of carbonyl (C=O) groups is 2. The lowest BCUT2D eigenvalue weighted by Gasteiger charge is -2.37. The molecule has 0 aliphatic carbocycles. The van der Waals surface area contributed by atoms with Gasteiger partial charge in [-0.25, -0.2) is 0 Å². The summed E-state index contributed by atoms with van der Waals surface area (Å²) in [6.45, 7) is 5.45. The molecule has 1 aromatic carbocycles. The summed E-state index contributed by atoms with van der Waals surface area (Å²) < 4.78 is 38.2. The molecule has 5 nitrogen and oxygen atoms in total. The van der Waals surface area contributed by atoms with Gasteiger partial charge < -0.3 is 10.2 Å². The molecular formula is C21H30F3N3O2. The molecule has 2 amide bonds. The first kappa shape index (κ1) is 23.2. The van der Waals surface area contributed by atoms with E-state index in [-0.39, 0.29) is 12.5 Å². The Morgan fingerprint density at radius 2 is 1.93 bits per heavy atom. The van der Waals surface area contributed by atoms with Crippen LogP contribution in [0.25, 0.3) is 0 Å². The number of aryl methyl sites for hydroxylation is 1. The molecule has 2 rings (SSSR count). The fourth-order valence-corrected chi connectivity index (χ4v) is 3.59. The second-order valence-electron chi connectivity index (χ2n) is 7.68. The largest absolute Gasteiger partial charge is 0.406 e. The Hall–Kier alpha value is -2.09. The first-order chi connectivity index (χ1) is 13.6. The highest BCUT2D eigenvalue weighted by Crippen LogP contribution is 2.23. The smallest absolute Gasteiger partial charge is 0.351 e. The molecule has 1 aliphatic rings. The van der Waals surface area contributed by atoms with Crippen LogP contribution in [0.3, 0.4) is 0 Å². The molecule has 162 valence electrons. The summed E-state index contributed by atoms with van der Waals surface area (Å²) in [5, 5.41) is 2.90. The summed E-state index contributed by atoms with van der Waals surface area (Å²) in [5.74, 6) is -1.15. The number of likely N-dealkylation sites (tertiary alicyclic amines) is 1. The van der Waals surface area contributed by atoms with E-state index in [0.29, 0.717) is 32.5 Å². The predicted molar refractivity (Wildman–Crippen MR) is 105 cm³/mol. The van der Waals surface area contributed by atoms with Crippen molar-refractivity contribution in [2.75, 3.05) is 26.2 Å². The van der Waals surface area contributed by atoms with Gasteiger partial charge >= 0.3 is 6.18 Å². The van der Waals surface area contributed by atoms with Crippen molar-refractivity contribution in [1.29, 1.82) is 0 Å². The van der Waals surface area contributed by atoms with Crippen LogP contribution in [0.4, 0.5) is 13.2 Å². The van der Waals surface area contributed by atoms with Crippen LogP contribution in [0.1, 0.15) is 37.8 Å². The van der Waals surface area contributed by atoms with Crippen LogP contribution in [-0.2, 0) is 16.1 Å². The molecule has 1 fully saturated rings. The number of hydrogen-bond donors (Lipinski definition) is 1. The van der Waals surface area contributed by atoms with Crippen LogP contribution in [0.5, 0.6) is 0 Å². The number of nitrogens with one attached hydrogen (secondary N) is 1. The van der Waals surface area contributed by atoms with E-state index in [1.165, 1.54) is 0 Å². The molecule has 2 atom stereocenters.